The maximum atomic E-state index is 13.1. The van der Waals surface area contributed by atoms with Crippen molar-refractivity contribution in [1.29, 1.82) is 0 Å². The lowest BCUT2D eigenvalue weighted by Gasteiger charge is -2.15. The molecule has 6 heteroatoms. The van der Waals surface area contributed by atoms with Crippen molar-refractivity contribution >= 4 is 11.6 Å². The predicted molar refractivity (Wildman–Crippen MR) is 79.4 cm³/mol. The van der Waals surface area contributed by atoms with E-state index in [4.69, 9.17) is 5.73 Å². The lowest BCUT2D eigenvalue weighted by molar-refractivity contribution is 0.628. The molecule has 5 nitrogen and oxygen atoms in total. The molecule has 0 spiro atoms. The molecule has 0 aliphatic heterocycles. The molecule has 0 saturated carbocycles. The molecule has 2 aromatic heterocycles. The SMILES string of the molecule is Cc1nc2nc(C(C)C)c(-c3ccc(F)cc3)c(N)n2n1. The summed E-state index contributed by atoms with van der Waals surface area (Å²) in [5.41, 5.74) is 8.70. The van der Waals surface area contributed by atoms with E-state index in [1.807, 2.05) is 13.8 Å². The zero-order valence-electron chi connectivity index (χ0n) is 12.1. The van der Waals surface area contributed by atoms with Crippen molar-refractivity contribution in [3.63, 3.8) is 0 Å². The zero-order valence-corrected chi connectivity index (χ0v) is 12.1. The molecule has 0 bridgehead atoms. The number of aryl methyl sites for hydroxylation is 1. The van der Waals surface area contributed by atoms with Crippen LogP contribution in [0.15, 0.2) is 24.3 Å². The monoisotopic (exact) mass is 285 g/mol. The first-order valence-corrected chi connectivity index (χ1v) is 6.76. The summed E-state index contributed by atoms with van der Waals surface area (Å²) in [4.78, 5) is 8.84. The van der Waals surface area contributed by atoms with Crippen LogP contribution in [0.2, 0.25) is 0 Å². The van der Waals surface area contributed by atoms with E-state index in [1.165, 1.54) is 16.6 Å². The van der Waals surface area contributed by atoms with Gasteiger partial charge in [-0.05, 0) is 30.5 Å². The van der Waals surface area contributed by atoms with Crippen molar-refractivity contribution in [2.75, 3.05) is 5.73 Å². The normalized spacial score (nSPS) is 11.5. The molecule has 0 radical (unpaired) electrons. The Hall–Kier alpha value is -2.50. The van der Waals surface area contributed by atoms with Gasteiger partial charge in [-0.25, -0.2) is 9.37 Å². The van der Waals surface area contributed by atoms with Gasteiger partial charge in [-0.2, -0.15) is 9.50 Å². The van der Waals surface area contributed by atoms with Crippen LogP contribution < -0.4 is 5.73 Å². The molecule has 0 atom stereocenters. The van der Waals surface area contributed by atoms with E-state index >= 15 is 0 Å². The van der Waals surface area contributed by atoms with Gasteiger partial charge in [-0.3, -0.25) is 0 Å². The minimum Gasteiger partial charge on any atom is -0.383 e. The van der Waals surface area contributed by atoms with Crippen molar-refractivity contribution < 1.29 is 4.39 Å². The second kappa shape index (κ2) is 4.80. The summed E-state index contributed by atoms with van der Waals surface area (Å²) >= 11 is 0. The van der Waals surface area contributed by atoms with Crippen LogP contribution in [0.3, 0.4) is 0 Å². The molecule has 108 valence electrons. The van der Waals surface area contributed by atoms with E-state index in [2.05, 4.69) is 15.1 Å². The maximum Gasteiger partial charge on any atom is 0.254 e. The summed E-state index contributed by atoms with van der Waals surface area (Å²) < 4.78 is 14.7. The van der Waals surface area contributed by atoms with E-state index in [-0.39, 0.29) is 11.7 Å². The number of aromatic nitrogens is 4. The Morgan fingerprint density at radius 1 is 1.14 bits per heavy atom. The molecule has 3 rings (SSSR count). The van der Waals surface area contributed by atoms with Gasteiger partial charge in [0.2, 0.25) is 0 Å². The Bertz CT molecular complexity index is 805. The number of halogens is 1. The molecule has 0 saturated heterocycles. The van der Waals surface area contributed by atoms with Crippen molar-refractivity contribution in [3.8, 4) is 11.1 Å². The summed E-state index contributed by atoms with van der Waals surface area (Å²) in [5, 5.41) is 4.26. The fourth-order valence-electron chi connectivity index (χ4n) is 2.37. The molecule has 2 N–H and O–H groups in total. The van der Waals surface area contributed by atoms with Crippen molar-refractivity contribution in [2.45, 2.75) is 26.7 Å². The fourth-order valence-corrected chi connectivity index (χ4v) is 2.37. The quantitative estimate of drug-likeness (QED) is 0.786. The number of anilines is 1. The molecule has 3 aromatic rings. The van der Waals surface area contributed by atoms with E-state index in [0.717, 1.165) is 16.8 Å². The lowest BCUT2D eigenvalue weighted by atomic mass is 9.98. The average Bonchev–Trinajstić information content (AvgIpc) is 2.81. The molecular formula is C15H16FN5. The topological polar surface area (TPSA) is 69.1 Å². The van der Waals surface area contributed by atoms with E-state index in [1.54, 1.807) is 19.1 Å². The Morgan fingerprint density at radius 2 is 1.81 bits per heavy atom. The molecule has 0 unspecified atom stereocenters. The molecule has 1 aromatic carbocycles. The summed E-state index contributed by atoms with van der Waals surface area (Å²) in [5.74, 6) is 1.44. The highest BCUT2D eigenvalue weighted by Gasteiger charge is 2.19. The number of benzene rings is 1. The molecule has 2 heterocycles. The van der Waals surface area contributed by atoms with Gasteiger partial charge in [-0.1, -0.05) is 26.0 Å². The van der Waals surface area contributed by atoms with Crippen LogP contribution in [0.25, 0.3) is 16.9 Å². The number of fused-ring (bicyclic) bond motifs is 1. The first-order valence-electron chi connectivity index (χ1n) is 6.76. The van der Waals surface area contributed by atoms with Crippen molar-refractivity contribution in [2.24, 2.45) is 0 Å². The van der Waals surface area contributed by atoms with Crippen LogP contribution in [0, 0.1) is 12.7 Å². The van der Waals surface area contributed by atoms with E-state index in [9.17, 15) is 4.39 Å². The van der Waals surface area contributed by atoms with Gasteiger partial charge in [0.15, 0.2) is 0 Å². The van der Waals surface area contributed by atoms with Crippen LogP contribution in [0.1, 0.15) is 31.3 Å². The van der Waals surface area contributed by atoms with Gasteiger partial charge in [0.25, 0.3) is 5.78 Å². The second-order valence-electron chi connectivity index (χ2n) is 5.29. The third kappa shape index (κ3) is 2.22. The van der Waals surface area contributed by atoms with Crippen LogP contribution in [0.4, 0.5) is 10.2 Å². The smallest absolute Gasteiger partial charge is 0.254 e. The molecular weight excluding hydrogens is 269 g/mol. The van der Waals surface area contributed by atoms with Gasteiger partial charge in [0.1, 0.15) is 17.5 Å². The van der Waals surface area contributed by atoms with Crippen LogP contribution >= 0.6 is 0 Å². The van der Waals surface area contributed by atoms with Crippen molar-refractivity contribution in [3.05, 3.63) is 41.6 Å². The number of nitrogens with two attached hydrogens (primary N) is 1. The largest absolute Gasteiger partial charge is 0.383 e. The molecule has 0 amide bonds. The van der Waals surface area contributed by atoms with E-state index in [0.29, 0.717) is 17.4 Å². The predicted octanol–water partition coefficient (Wildman–Crippen LogP) is 2.94. The minimum absolute atomic E-state index is 0.161. The van der Waals surface area contributed by atoms with Gasteiger partial charge in [0.05, 0.1) is 5.69 Å². The highest BCUT2D eigenvalue weighted by Crippen LogP contribution is 2.33. The first-order chi connectivity index (χ1) is 9.97. The number of hydrogen-bond acceptors (Lipinski definition) is 4. The number of hydrogen-bond donors (Lipinski definition) is 1. The average molecular weight is 285 g/mol. The highest BCUT2D eigenvalue weighted by molar-refractivity contribution is 5.78. The van der Waals surface area contributed by atoms with Crippen LogP contribution in [-0.4, -0.2) is 19.6 Å². The van der Waals surface area contributed by atoms with Gasteiger partial charge in [0, 0.05) is 5.56 Å². The second-order valence-corrected chi connectivity index (χ2v) is 5.29. The lowest BCUT2D eigenvalue weighted by Crippen LogP contribution is -2.08. The summed E-state index contributed by atoms with van der Waals surface area (Å²) in [6.07, 6.45) is 0. The van der Waals surface area contributed by atoms with Crippen LogP contribution in [-0.2, 0) is 0 Å². The standard InChI is InChI=1S/C15H16FN5/c1-8(2)13-12(10-4-6-11(16)7-5-10)14(17)21-15(19-13)18-9(3)20-21/h4-8H,17H2,1-3H3. The Morgan fingerprint density at radius 3 is 2.43 bits per heavy atom. The summed E-state index contributed by atoms with van der Waals surface area (Å²) in [7, 11) is 0. The molecule has 0 aliphatic carbocycles. The van der Waals surface area contributed by atoms with Crippen molar-refractivity contribution in [1.82, 2.24) is 19.6 Å². The minimum atomic E-state index is -0.283. The Labute approximate surface area is 121 Å². The zero-order chi connectivity index (χ0) is 15.1. The van der Waals surface area contributed by atoms with Gasteiger partial charge < -0.3 is 5.73 Å². The third-order valence-corrected chi connectivity index (χ3v) is 3.34. The number of nitrogen functional groups attached to an aromatic ring is 1. The fraction of sp³-hybridized carbons (Fsp3) is 0.267. The summed E-state index contributed by atoms with van der Waals surface area (Å²) in [6, 6.07) is 6.22. The van der Waals surface area contributed by atoms with Gasteiger partial charge in [-0.15, -0.1) is 5.10 Å². The number of nitrogens with zero attached hydrogens (tertiary/aromatic N) is 4. The maximum absolute atomic E-state index is 13.1. The number of rotatable bonds is 2. The first kappa shape index (κ1) is 13.5. The Kier molecular flexibility index (Phi) is 3.08. The molecule has 0 fully saturated rings. The molecule has 21 heavy (non-hydrogen) atoms. The highest BCUT2D eigenvalue weighted by atomic mass is 19.1. The summed E-state index contributed by atoms with van der Waals surface area (Å²) in [6.45, 7) is 5.86. The third-order valence-electron chi connectivity index (χ3n) is 3.34. The van der Waals surface area contributed by atoms with Gasteiger partial charge >= 0.3 is 0 Å². The molecule has 0 aliphatic rings. The Balaban J connectivity index is 2.35. The van der Waals surface area contributed by atoms with Crippen LogP contribution in [0.5, 0.6) is 0 Å². The van der Waals surface area contributed by atoms with E-state index < -0.39 is 0 Å².